The zero-order chi connectivity index (χ0) is 21.8. The van der Waals surface area contributed by atoms with E-state index in [0.717, 1.165) is 11.3 Å². The van der Waals surface area contributed by atoms with Crippen molar-refractivity contribution in [2.24, 2.45) is 0 Å². The number of hydrogen-bond acceptors (Lipinski definition) is 9. The largest absolute Gasteiger partial charge is 0.482 e. The summed E-state index contributed by atoms with van der Waals surface area (Å²) in [5, 5.41) is 6.61. The molecule has 0 unspecified atom stereocenters. The molecule has 0 radical (unpaired) electrons. The zero-order valence-corrected chi connectivity index (χ0v) is 18.1. The third-order valence-electron chi connectivity index (χ3n) is 4.36. The van der Waals surface area contributed by atoms with Gasteiger partial charge in [-0.3, -0.25) is 19.3 Å². The fourth-order valence-corrected chi connectivity index (χ4v) is 4.29. The van der Waals surface area contributed by atoms with E-state index >= 15 is 0 Å². The molecule has 9 nitrogen and oxygen atoms in total. The van der Waals surface area contributed by atoms with Gasteiger partial charge in [0.15, 0.2) is 11.7 Å². The molecule has 160 valence electrons. The maximum Gasteiger partial charge on any atom is 0.311 e. The summed E-state index contributed by atoms with van der Waals surface area (Å²) in [7, 11) is 0. The van der Waals surface area contributed by atoms with Gasteiger partial charge in [-0.15, -0.1) is 22.7 Å². The highest BCUT2D eigenvalue weighted by atomic mass is 32.1. The molecule has 4 rings (SSSR count). The van der Waals surface area contributed by atoms with Gasteiger partial charge >= 0.3 is 5.97 Å². The van der Waals surface area contributed by atoms with Crippen molar-refractivity contribution in [2.75, 3.05) is 30.0 Å². The molecule has 0 saturated carbocycles. The van der Waals surface area contributed by atoms with E-state index < -0.39 is 5.91 Å². The average Bonchev–Trinajstić information content (AvgIpc) is 3.42. The Morgan fingerprint density at radius 3 is 2.97 bits per heavy atom. The Labute approximate surface area is 185 Å². The molecule has 1 N–H and O–H groups in total. The van der Waals surface area contributed by atoms with E-state index in [2.05, 4.69) is 15.3 Å². The summed E-state index contributed by atoms with van der Waals surface area (Å²) in [6.07, 6.45) is 0.0366. The fourth-order valence-electron chi connectivity index (χ4n) is 3.00. The Morgan fingerprint density at radius 2 is 2.19 bits per heavy atom. The number of hydrogen-bond donors (Lipinski definition) is 1. The molecular formula is C20H18N4O5S2. The summed E-state index contributed by atoms with van der Waals surface area (Å²) in [6, 6.07) is 5.42. The number of thiazole rings is 2. The first-order valence-electron chi connectivity index (χ1n) is 9.39. The molecule has 3 aromatic rings. The second-order valence-electron chi connectivity index (χ2n) is 6.50. The maximum atomic E-state index is 12.6. The molecular weight excluding hydrogens is 440 g/mol. The van der Waals surface area contributed by atoms with Crippen molar-refractivity contribution in [1.82, 2.24) is 9.97 Å². The first-order valence-corrected chi connectivity index (χ1v) is 11.2. The summed E-state index contributed by atoms with van der Waals surface area (Å²) < 4.78 is 10.4. The molecule has 31 heavy (non-hydrogen) atoms. The number of ether oxygens (including phenoxy) is 2. The van der Waals surface area contributed by atoms with Gasteiger partial charge in [0, 0.05) is 16.3 Å². The van der Waals surface area contributed by atoms with Crippen LogP contribution in [-0.4, -0.2) is 47.5 Å². The lowest BCUT2D eigenvalue weighted by Gasteiger charge is -2.29. The van der Waals surface area contributed by atoms with Gasteiger partial charge in [-0.2, -0.15) is 0 Å². The van der Waals surface area contributed by atoms with Crippen molar-refractivity contribution in [2.45, 2.75) is 13.3 Å². The quantitative estimate of drug-likeness (QED) is 0.542. The van der Waals surface area contributed by atoms with E-state index in [1.165, 1.54) is 27.6 Å². The topological polar surface area (TPSA) is 111 Å². The van der Waals surface area contributed by atoms with Crippen molar-refractivity contribution in [1.29, 1.82) is 0 Å². The van der Waals surface area contributed by atoms with Crippen LogP contribution in [-0.2, 0) is 25.5 Å². The standard InChI is InChI=1S/C20H18N4O5S2/c1-2-28-19(27)6-13-9-31-20(22-13)23-17(25)7-24-15-5-12(14-10-30-11-21-14)3-4-16(15)29-8-18(24)26/h3-5,9-11H,2,6-8H2,1H3,(H,22,23,25). The van der Waals surface area contributed by atoms with E-state index in [1.54, 1.807) is 29.9 Å². The number of aromatic nitrogens is 2. The predicted octanol–water partition coefficient (Wildman–Crippen LogP) is 2.74. The molecule has 3 heterocycles. The lowest BCUT2D eigenvalue weighted by molar-refractivity contribution is -0.142. The second-order valence-corrected chi connectivity index (χ2v) is 8.08. The highest BCUT2D eigenvalue weighted by Crippen LogP contribution is 2.36. The first-order chi connectivity index (χ1) is 15.0. The molecule has 2 aromatic heterocycles. The van der Waals surface area contributed by atoms with E-state index in [1.807, 2.05) is 11.4 Å². The van der Waals surface area contributed by atoms with Gasteiger partial charge in [-0.1, -0.05) is 0 Å². The minimum atomic E-state index is -0.405. The van der Waals surface area contributed by atoms with Crippen molar-refractivity contribution in [3.8, 4) is 17.0 Å². The Morgan fingerprint density at radius 1 is 1.32 bits per heavy atom. The zero-order valence-electron chi connectivity index (χ0n) is 16.5. The number of benzene rings is 1. The van der Waals surface area contributed by atoms with Gasteiger partial charge in [-0.05, 0) is 25.1 Å². The molecule has 1 aliphatic heterocycles. The van der Waals surface area contributed by atoms with Crippen molar-refractivity contribution in [3.05, 3.63) is 40.2 Å². The molecule has 0 saturated heterocycles. The number of nitrogens with zero attached hydrogens (tertiary/aromatic N) is 3. The van der Waals surface area contributed by atoms with Crippen LogP contribution < -0.4 is 15.0 Å². The number of esters is 1. The first kappa shape index (κ1) is 20.9. The lowest BCUT2D eigenvalue weighted by Crippen LogP contribution is -2.43. The Bertz CT molecular complexity index is 1110. The Hall–Kier alpha value is -3.31. The molecule has 11 heteroatoms. The van der Waals surface area contributed by atoms with Crippen LogP contribution in [0.5, 0.6) is 5.75 Å². The van der Waals surface area contributed by atoms with Gasteiger partial charge in [0.25, 0.3) is 5.91 Å². The summed E-state index contributed by atoms with van der Waals surface area (Å²) in [6.45, 7) is 1.70. The number of nitrogens with one attached hydrogen (secondary N) is 1. The molecule has 0 bridgehead atoms. The summed E-state index contributed by atoms with van der Waals surface area (Å²) in [5.41, 5.74) is 4.36. The average molecular weight is 459 g/mol. The van der Waals surface area contributed by atoms with E-state index in [0.29, 0.717) is 28.9 Å². The number of carbonyl (C=O) groups is 3. The van der Waals surface area contributed by atoms with Crippen molar-refractivity contribution in [3.63, 3.8) is 0 Å². The summed E-state index contributed by atoms with van der Waals surface area (Å²) in [5.74, 6) is -0.577. The molecule has 0 atom stereocenters. The lowest BCUT2D eigenvalue weighted by atomic mass is 10.1. The molecule has 0 aliphatic carbocycles. The normalized spacial score (nSPS) is 12.8. The Kier molecular flexibility index (Phi) is 6.23. The van der Waals surface area contributed by atoms with Crippen LogP contribution in [0.25, 0.3) is 11.3 Å². The van der Waals surface area contributed by atoms with Gasteiger partial charge in [-0.25, -0.2) is 9.97 Å². The van der Waals surface area contributed by atoms with Crippen LogP contribution in [0.15, 0.2) is 34.5 Å². The number of rotatable bonds is 7. The third-order valence-corrected chi connectivity index (χ3v) is 5.75. The number of fused-ring (bicyclic) bond motifs is 1. The van der Waals surface area contributed by atoms with Crippen LogP contribution in [0.3, 0.4) is 0 Å². The molecule has 0 spiro atoms. The van der Waals surface area contributed by atoms with Crippen molar-refractivity contribution < 1.29 is 23.9 Å². The van der Waals surface area contributed by atoms with Gasteiger partial charge in [0.1, 0.15) is 12.3 Å². The minimum absolute atomic E-state index is 0.0366. The number of carbonyl (C=O) groups excluding carboxylic acids is 3. The summed E-state index contributed by atoms with van der Waals surface area (Å²) >= 11 is 2.67. The summed E-state index contributed by atoms with van der Waals surface area (Å²) in [4.78, 5) is 46.5. The van der Waals surface area contributed by atoms with Crippen LogP contribution in [0.4, 0.5) is 10.8 Å². The van der Waals surface area contributed by atoms with Crippen LogP contribution >= 0.6 is 22.7 Å². The fraction of sp³-hybridized carbons (Fsp3) is 0.250. The van der Waals surface area contributed by atoms with Gasteiger partial charge in [0.05, 0.1) is 35.6 Å². The monoisotopic (exact) mass is 458 g/mol. The van der Waals surface area contributed by atoms with Crippen LogP contribution in [0, 0.1) is 0 Å². The van der Waals surface area contributed by atoms with E-state index in [4.69, 9.17) is 9.47 Å². The number of anilines is 2. The number of amides is 2. The Balaban J connectivity index is 1.46. The van der Waals surface area contributed by atoms with Crippen LogP contribution in [0.2, 0.25) is 0 Å². The van der Waals surface area contributed by atoms with Gasteiger partial charge < -0.3 is 14.8 Å². The highest BCUT2D eigenvalue weighted by Gasteiger charge is 2.28. The SMILES string of the molecule is CCOC(=O)Cc1csc(NC(=O)CN2C(=O)COc3ccc(-c4cscn4)cc32)n1. The highest BCUT2D eigenvalue weighted by molar-refractivity contribution is 7.14. The molecule has 1 aliphatic rings. The second kappa shape index (κ2) is 9.23. The molecule has 1 aromatic carbocycles. The predicted molar refractivity (Wildman–Crippen MR) is 116 cm³/mol. The minimum Gasteiger partial charge on any atom is -0.482 e. The smallest absolute Gasteiger partial charge is 0.311 e. The third kappa shape index (κ3) is 4.89. The van der Waals surface area contributed by atoms with Crippen molar-refractivity contribution >= 4 is 51.3 Å². The van der Waals surface area contributed by atoms with E-state index in [-0.39, 0.29) is 31.4 Å². The molecule has 0 fully saturated rings. The van der Waals surface area contributed by atoms with Gasteiger partial charge in [0.2, 0.25) is 5.91 Å². The van der Waals surface area contributed by atoms with Crippen LogP contribution in [0.1, 0.15) is 12.6 Å². The van der Waals surface area contributed by atoms with E-state index in [9.17, 15) is 14.4 Å². The maximum absolute atomic E-state index is 12.6. The molecule has 2 amide bonds.